The molecule has 20 heavy (non-hydrogen) atoms. The van der Waals surface area contributed by atoms with Crippen molar-refractivity contribution in [2.45, 2.75) is 39.2 Å². The lowest BCUT2D eigenvalue weighted by atomic mass is 10.1. The smallest absolute Gasteiger partial charge is 0.335 e. The maximum absolute atomic E-state index is 11.0. The maximum atomic E-state index is 11.0. The van der Waals surface area contributed by atoms with Crippen LogP contribution in [-0.4, -0.2) is 23.7 Å². The van der Waals surface area contributed by atoms with Gasteiger partial charge in [-0.25, -0.2) is 4.79 Å². The van der Waals surface area contributed by atoms with Gasteiger partial charge in [0.1, 0.15) is 6.07 Å². The number of nitriles is 1. The molecule has 0 saturated heterocycles. The van der Waals surface area contributed by atoms with Gasteiger partial charge in [0.15, 0.2) is 0 Å². The summed E-state index contributed by atoms with van der Waals surface area (Å²) < 4.78 is 0. The van der Waals surface area contributed by atoms with E-state index in [2.05, 4.69) is 24.8 Å². The van der Waals surface area contributed by atoms with Crippen molar-refractivity contribution < 1.29 is 9.90 Å². The molecular weight excluding hydrogens is 252 g/mol. The fourth-order valence-electron chi connectivity index (χ4n) is 2.29. The van der Waals surface area contributed by atoms with Crippen molar-refractivity contribution in [1.82, 2.24) is 0 Å². The number of hydrogen-bond acceptors (Lipinski definition) is 3. The summed E-state index contributed by atoms with van der Waals surface area (Å²) in [5.41, 5.74) is 1.51. The van der Waals surface area contributed by atoms with Crippen LogP contribution in [0.2, 0.25) is 0 Å². The Kier molecular flexibility index (Phi) is 4.29. The van der Waals surface area contributed by atoms with Gasteiger partial charge in [0, 0.05) is 12.6 Å². The highest BCUT2D eigenvalue weighted by molar-refractivity contribution is 5.89. The minimum atomic E-state index is -0.992. The normalized spacial score (nSPS) is 14.1. The van der Waals surface area contributed by atoms with E-state index in [0.29, 0.717) is 17.5 Å². The molecule has 4 nitrogen and oxygen atoms in total. The highest BCUT2D eigenvalue weighted by Gasteiger charge is 2.30. The summed E-state index contributed by atoms with van der Waals surface area (Å²) in [5.74, 6) is -0.381. The highest BCUT2D eigenvalue weighted by atomic mass is 16.4. The van der Waals surface area contributed by atoms with E-state index in [0.717, 1.165) is 31.5 Å². The van der Waals surface area contributed by atoms with Crippen LogP contribution in [0.15, 0.2) is 18.2 Å². The van der Waals surface area contributed by atoms with E-state index in [-0.39, 0.29) is 5.56 Å². The van der Waals surface area contributed by atoms with Gasteiger partial charge in [-0.1, -0.05) is 13.8 Å². The molecule has 0 unspecified atom stereocenters. The second-order valence-corrected chi connectivity index (χ2v) is 5.76. The SMILES string of the molecule is CC(C)CCN(c1ccc(C(=O)O)cc1C#N)C1CC1. The van der Waals surface area contributed by atoms with Crippen LogP contribution >= 0.6 is 0 Å². The first-order valence-electron chi connectivity index (χ1n) is 7.07. The Hall–Kier alpha value is -2.02. The van der Waals surface area contributed by atoms with Crippen molar-refractivity contribution in [3.8, 4) is 6.07 Å². The van der Waals surface area contributed by atoms with E-state index in [1.807, 2.05) is 0 Å². The van der Waals surface area contributed by atoms with Crippen LogP contribution in [0, 0.1) is 17.2 Å². The third kappa shape index (κ3) is 3.30. The van der Waals surface area contributed by atoms with Gasteiger partial charge in [0.2, 0.25) is 0 Å². The molecular formula is C16H20N2O2. The minimum Gasteiger partial charge on any atom is -0.478 e. The molecule has 1 N–H and O–H groups in total. The van der Waals surface area contributed by atoms with Crippen molar-refractivity contribution in [2.75, 3.05) is 11.4 Å². The topological polar surface area (TPSA) is 64.3 Å². The minimum absolute atomic E-state index is 0.171. The Morgan fingerprint density at radius 1 is 1.50 bits per heavy atom. The first-order chi connectivity index (χ1) is 9.52. The summed E-state index contributed by atoms with van der Waals surface area (Å²) in [5, 5.41) is 18.3. The van der Waals surface area contributed by atoms with Crippen molar-refractivity contribution in [3.05, 3.63) is 29.3 Å². The number of anilines is 1. The fourth-order valence-corrected chi connectivity index (χ4v) is 2.29. The van der Waals surface area contributed by atoms with Gasteiger partial charge in [0.05, 0.1) is 16.8 Å². The fraction of sp³-hybridized carbons (Fsp3) is 0.500. The lowest BCUT2D eigenvalue weighted by molar-refractivity contribution is 0.0697. The predicted molar refractivity (Wildman–Crippen MR) is 77.9 cm³/mol. The molecule has 0 spiro atoms. The van der Waals surface area contributed by atoms with Gasteiger partial charge in [-0.15, -0.1) is 0 Å². The van der Waals surface area contributed by atoms with Gasteiger partial charge in [-0.2, -0.15) is 5.26 Å². The Morgan fingerprint density at radius 2 is 2.20 bits per heavy atom. The molecule has 0 radical (unpaired) electrons. The number of carboxylic acid groups (broad SMARTS) is 1. The molecule has 0 bridgehead atoms. The number of nitrogens with zero attached hydrogens (tertiary/aromatic N) is 2. The second kappa shape index (κ2) is 5.96. The molecule has 106 valence electrons. The van der Waals surface area contributed by atoms with Crippen molar-refractivity contribution in [3.63, 3.8) is 0 Å². The number of rotatable bonds is 6. The molecule has 1 saturated carbocycles. The average Bonchev–Trinajstić information content (AvgIpc) is 3.23. The molecule has 0 aromatic heterocycles. The first-order valence-corrected chi connectivity index (χ1v) is 7.07. The Morgan fingerprint density at radius 3 is 2.70 bits per heavy atom. The summed E-state index contributed by atoms with van der Waals surface area (Å²) in [6.07, 6.45) is 3.38. The second-order valence-electron chi connectivity index (χ2n) is 5.76. The van der Waals surface area contributed by atoms with Crippen LogP contribution in [0.5, 0.6) is 0 Å². The molecule has 1 aliphatic carbocycles. The zero-order valence-corrected chi connectivity index (χ0v) is 12.0. The van der Waals surface area contributed by atoms with E-state index < -0.39 is 5.97 Å². The molecule has 1 aromatic carbocycles. The summed E-state index contributed by atoms with van der Waals surface area (Å²) in [6, 6.07) is 7.49. The molecule has 4 heteroatoms. The lowest BCUT2D eigenvalue weighted by Gasteiger charge is -2.26. The summed E-state index contributed by atoms with van der Waals surface area (Å²) in [4.78, 5) is 13.3. The van der Waals surface area contributed by atoms with E-state index in [1.165, 1.54) is 6.07 Å². The van der Waals surface area contributed by atoms with Crippen molar-refractivity contribution >= 4 is 11.7 Å². The molecule has 0 amide bonds. The number of carbonyl (C=O) groups is 1. The largest absolute Gasteiger partial charge is 0.478 e. The quantitative estimate of drug-likeness (QED) is 0.863. The van der Waals surface area contributed by atoms with E-state index in [4.69, 9.17) is 5.11 Å². The lowest BCUT2D eigenvalue weighted by Crippen LogP contribution is -2.28. The van der Waals surface area contributed by atoms with Crippen molar-refractivity contribution in [2.24, 2.45) is 5.92 Å². The first kappa shape index (κ1) is 14.4. The standard InChI is InChI=1S/C16H20N2O2/c1-11(2)7-8-18(14-4-5-14)15-6-3-12(16(19)20)9-13(15)10-17/h3,6,9,11,14H,4-5,7-8H2,1-2H3,(H,19,20). The number of carboxylic acids is 1. The molecule has 0 heterocycles. The summed E-state index contributed by atoms with van der Waals surface area (Å²) in [6.45, 7) is 5.29. The van der Waals surface area contributed by atoms with Gasteiger partial charge in [0.25, 0.3) is 0 Å². The summed E-state index contributed by atoms with van der Waals surface area (Å²) in [7, 11) is 0. The zero-order valence-electron chi connectivity index (χ0n) is 12.0. The number of aromatic carboxylic acids is 1. The van der Waals surface area contributed by atoms with E-state index in [9.17, 15) is 10.1 Å². The molecule has 2 rings (SSSR count). The van der Waals surface area contributed by atoms with Crippen LogP contribution in [0.1, 0.15) is 49.0 Å². The maximum Gasteiger partial charge on any atom is 0.335 e. The van der Waals surface area contributed by atoms with Crippen LogP contribution in [-0.2, 0) is 0 Å². The number of benzene rings is 1. The van der Waals surface area contributed by atoms with Crippen LogP contribution < -0.4 is 4.90 Å². The van der Waals surface area contributed by atoms with Crippen LogP contribution in [0.4, 0.5) is 5.69 Å². The summed E-state index contributed by atoms with van der Waals surface area (Å²) >= 11 is 0. The van der Waals surface area contributed by atoms with E-state index in [1.54, 1.807) is 12.1 Å². The zero-order chi connectivity index (χ0) is 14.7. The Balaban J connectivity index is 2.28. The molecule has 0 aliphatic heterocycles. The monoisotopic (exact) mass is 272 g/mol. The molecule has 1 aromatic rings. The van der Waals surface area contributed by atoms with Gasteiger partial charge < -0.3 is 10.0 Å². The van der Waals surface area contributed by atoms with Gasteiger partial charge >= 0.3 is 5.97 Å². The highest BCUT2D eigenvalue weighted by Crippen LogP contribution is 2.34. The van der Waals surface area contributed by atoms with Crippen LogP contribution in [0.3, 0.4) is 0 Å². The van der Waals surface area contributed by atoms with E-state index >= 15 is 0 Å². The Labute approximate surface area is 119 Å². The third-order valence-electron chi connectivity index (χ3n) is 3.61. The van der Waals surface area contributed by atoms with Gasteiger partial charge in [-0.05, 0) is 43.4 Å². The van der Waals surface area contributed by atoms with Crippen LogP contribution in [0.25, 0.3) is 0 Å². The Bertz CT molecular complexity index is 542. The third-order valence-corrected chi connectivity index (χ3v) is 3.61. The van der Waals surface area contributed by atoms with Gasteiger partial charge in [-0.3, -0.25) is 0 Å². The predicted octanol–water partition coefficient (Wildman–Crippen LogP) is 3.27. The molecule has 1 aliphatic rings. The van der Waals surface area contributed by atoms with Crippen molar-refractivity contribution in [1.29, 1.82) is 5.26 Å². The molecule has 1 fully saturated rings. The number of hydrogen-bond donors (Lipinski definition) is 1. The average molecular weight is 272 g/mol. The molecule has 0 atom stereocenters.